The smallest absolute Gasteiger partial charge is 0.160 e. The van der Waals surface area contributed by atoms with Crippen molar-refractivity contribution in [3.63, 3.8) is 0 Å². The van der Waals surface area contributed by atoms with Crippen LogP contribution in [0.1, 0.15) is 18.9 Å². The molecule has 1 rings (SSSR count). The molecule has 0 bridgehead atoms. The molecule has 1 unspecified atom stereocenters. The minimum absolute atomic E-state index is 0. The van der Waals surface area contributed by atoms with E-state index >= 15 is 0 Å². The van der Waals surface area contributed by atoms with Gasteiger partial charge in [0.05, 0.1) is 7.11 Å². The van der Waals surface area contributed by atoms with E-state index in [0.717, 1.165) is 18.4 Å². The van der Waals surface area contributed by atoms with Crippen LogP contribution in [0, 0.1) is 0 Å². The van der Waals surface area contributed by atoms with Crippen molar-refractivity contribution in [1.29, 1.82) is 0 Å². The molecule has 1 aromatic carbocycles. The Labute approximate surface area is 90.0 Å². The van der Waals surface area contributed by atoms with Crippen molar-refractivity contribution >= 4 is 0 Å². The van der Waals surface area contributed by atoms with Crippen LogP contribution in [0.25, 0.3) is 0 Å². The Morgan fingerprint density at radius 2 is 2.13 bits per heavy atom. The average Bonchev–Trinajstić information content (AvgIpc) is 2.16. The first-order chi connectivity index (χ1) is 6.63. The lowest BCUT2D eigenvalue weighted by molar-refractivity contribution is 0.373. The number of hydrogen-bond acceptors (Lipinski definition) is 3. The van der Waals surface area contributed by atoms with Crippen LogP contribution in [0.15, 0.2) is 18.2 Å². The van der Waals surface area contributed by atoms with Crippen molar-refractivity contribution in [3.8, 4) is 11.5 Å². The van der Waals surface area contributed by atoms with Gasteiger partial charge in [-0.1, -0.05) is 6.07 Å². The van der Waals surface area contributed by atoms with E-state index in [1.54, 1.807) is 13.2 Å². The standard InChI is InChI=1S/C11H17NO2.H2O/c1-8(12)3-4-9-5-6-10(13)11(7-9)14-2;/h5-8,13H,3-4,12H2,1-2H3;1H2. The molecule has 4 heteroatoms. The number of hydrogen-bond donors (Lipinski definition) is 2. The highest BCUT2D eigenvalue weighted by Crippen LogP contribution is 2.26. The molecule has 1 atom stereocenters. The summed E-state index contributed by atoms with van der Waals surface area (Å²) < 4.78 is 5.01. The van der Waals surface area contributed by atoms with Gasteiger partial charge in [-0.15, -0.1) is 0 Å². The van der Waals surface area contributed by atoms with Crippen molar-refractivity contribution in [1.82, 2.24) is 0 Å². The van der Waals surface area contributed by atoms with Gasteiger partial charge in [0.1, 0.15) is 0 Å². The van der Waals surface area contributed by atoms with Gasteiger partial charge in [-0.2, -0.15) is 0 Å². The van der Waals surface area contributed by atoms with Crippen molar-refractivity contribution < 1.29 is 15.3 Å². The lowest BCUT2D eigenvalue weighted by atomic mass is 10.1. The second-order valence-electron chi connectivity index (χ2n) is 3.52. The summed E-state index contributed by atoms with van der Waals surface area (Å²) in [6, 6.07) is 5.59. The highest BCUT2D eigenvalue weighted by molar-refractivity contribution is 5.41. The quantitative estimate of drug-likeness (QED) is 0.777. The summed E-state index contributed by atoms with van der Waals surface area (Å²) in [6.07, 6.45) is 1.85. The Balaban J connectivity index is 0.00000196. The number of aryl methyl sites for hydroxylation is 1. The third-order valence-electron chi connectivity index (χ3n) is 2.13. The average molecular weight is 213 g/mol. The maximum Gasteiger partial charge on any atom is 0.160 e. The zero-order chi connectivity index (χ0) is 10.6. The summed E-state index contributed by atoms with van der Waals surface area (Å²) in [5.74, 6) is 0.698. The second kappa shape index (κ2) is 6.27. The zero-order valence-corrected chi connectivity index (χ0v) is 9.16. The van der Waals surface area contributed by atoms with Gasteiger partial charge >= 0.3 is 0 Å². The topological polar surface area (TPSA) is 87.0 Å². The summed E-state index contributed by atoms with van der Waals surface area (Å²) in [6.45, 7) is 1.98. The van der Waals surface area contributed by atoms with Crippen molar-refractivity contribution in [2.45, 2.75) is 25.8 Å². The van der Waals surface area contributed by atoms with Crippen LogP contribution in [0.3, 0.4) is 0 Å². The number of aromatic hydroxyl groups is 1. The molecule has 0 saturated heterocycles. The SMILES string of the molecule is COc1cc(CCC(C)N)ccc1O.O. The molecule has 4 nitrogen and oxygen atoms in total. The van der Waals surface area contributed by atoms with E-state index < -0.39 is 0 Å². The normalized spacial score (nSPS) is 11.7. The molecule has 0 radical (unpaired) electrons. The molecule has 0 aliphatic rings. The van der Waals surface area contributed by atoms with Crippen molar-refractivity contribution in [2.24, 2.45) is 5.73 Å². The molecular formula is C11H19NO3. The van der Waals surface area contributed by atoms with Crippen LogP contribution in [0.4, 0.5) is 0 Å². The molecule has 0 saturated carbocycles. The van der Waals surface area contributed by atoms with E-state index in [0.29, 0.717) is 5.75 Å². The Bertz CT molecular complexity index is 300. The van der Waals surface area contributed by atoms with E-state index in [2.05, 4.69) is 0 Å². The Morgan fingerprint density at radius 3 is 2.67 bits per heavy atom. The summed E-state index contributed by atoms with van der Waals surface area (Å²) in [5, 5.41) is 9.36. The molecule has 0 fully saturated rings. The summed E-state index contributed by atoms with van der Waals surface area (Å²) in [7, 11) is 1.55. The van der Waals surface area contributed by atoms with E-state index in [1.165, 1.54) is 0 Å². The molecule has 0 aliphatic carbocycles. The van der Waals surface area contributed by atoms with E-state index in [1.807, 2.05) is 19.1 Å². The molecule has 1 aromatic rings. The number of methoxy groups -OCH3 is 1. The third-order valence-corrected chi connectivity index (χ3v) is 2.13. The van der Waals surface area contributed by atoms with Crippen LogP contribution in [0.2, 0.25) is 0 Å². The number of nitrogens with two attached hydrogens (primary N) is 1. The minimum Gasteiger partial charge on any atom is -0.504 e. The molecule has 0 aliphatic heterocycles. The predicted molar refractivity (Wildman–Crippen MR) is 60.2 cm³/mol. The first-order valence-corrected chi connectivity index (χ1v) is 4.75. The van der Waals surface area contributed by atoms with Gasteiger partial charge in [0.25, 0.3) is 0 Å². The number of ether oxygens (including phenoxy) is 1. The molecule has 0 amide bonds. The molecule has 0 heterocycles. The number of phenolic OH excluding ortho intramolecular Hbond substituents is 1. The molecule has 86 valence electrons. The highest BCUT2D eigenvalue weighted by atomic mass is 16.5. The lowest BCUT2D eigenvalue weighted by Crippen LogP contribution is -2.15. The maximum absolute atomic E-state index is 9.36. The van der Waals surface area contributed by atoms with Gasteiger partial charge in [0.15, 0.2) is 11.5 Å². The van der Waals surface area contributed by atoms with E-state index in [9.17, 15) is 5.11 Å². The summed E-state index contributed by atoms with van der Waals surface area (Å²) in [5.41, 5.74) is 6.80. The van der Waals surface area contributed by atoms with Gasteiger partial charge in [-0.3, -0.25) is 0 Å². The Kier molecular flexibility index (Phi) is 5.74. The first-order valence-electron chi connectivity index (χ1n) is 4.75. The summed E-state index contributed by atoms with van der Waals surface area (Å²) >= 11 is 0. The number of phenols is 1. The van der Waals surface area contributed by atoms with Gasteiger partial charge in [-0.05, 0) is 37.5 Å². The zero-order valence-electron chi connectivity index (χ0n) is 9.16. The number of benzene rings is 1. The fraction of sp³-hybridized carbons (Fsp3) is 0.455. The Morgan fingerprint density at radius 1 is 1.47 bits per heavy atom. The molecule has 0 spiro atoms. The Hall–Kier alpha value is -1.26. The van der Waals surface area contributed by atoms with Gasteiger partial charge in [0, 0.05) is 6.04 Å². The van der Waals surface area contributed by atoms with Crippen LogP contribution < -0.4 is 10.5 Å². The fourth-order valence-corrected chi connectivity index (χ4v) is 1.27. The second-order valence-corrected chi connectivity index (χ2v) is 3.52. The minimum atomic E-state index is 0. The van der Waals surface area contributed by atoms with E-state index in [4.69, 9.17) is 10.5 Å². The van der Waals surface area contributed by atoms with Crippen LogP contribution in [0.5, 0.6) is 11.5 Å². The van der Waals surface area contributed by atoms with Crippen LogP contribution >= 0.6 is 0 Å². The van der Waals surface area contributed by atoms with Crippen LogP contribution in [-0.4, -0.2) is 23.7 Å². The number of rotatable bonds is 4. The fourth-order valence-electron chi connectivity index (χ4n) is 1.27. The summed E-state index contributed by atoms with van der Waals surface area (Å²) in [4.78, 5) is 0. The van der Waals surface area contributed by atoms with E-state index in [-0.39, 0.29) is 17.3 Å². The van der Waals surface area contributed by atoms with Gasteiger partial charge in [0.2, 0.25) is 0 Å². The molecule has 15 heavy (non-hydrogen) atoms. The van der Waals surface area contributed by atoms with Crippen molar-refractivity contribution in [3.05, 3.63) is 23.8 Å². The monoisotopic (exact) mass is 213 g/mol. The molecule has 0 aromatic heterocycles. The molecule has 5 N–H and O–H groups in total. The molecular weight excluding hydrogens is 194 g/mol. The van der Waals surface area contributed by atoms with Crippen LogP contribution in [-0.2, 0) is 6.42 Å². The van der Waals surface area contributed by atoms with Gasteiger partial charge in [-0.25, -0.2) is 0 Å². The first kappa shape index (κ1) is 13.7. The highest BCUT2D eigenvalue weighted by Gasteiger charge is 2.03. The third kappa shape index (κ3) is 4.18. The lowest BCUT2D eigenvalue weighted by Gasteiger charge is -2.08. The predicted octanol–water partition coefficient (Wildman–Crippen LogP) is 0.856. The van der Waals surface area contributed by atoms with Crippen molar-refractivity contribution in [2.75, 3.05) is 7.11 Å². The largest absolute Gasteiger partial charge is 0.504 e. The maximum atomic E-state index is 9.36. The van der Waals surface area contributed by atoms with Gasteiger partial charge < -0.3 is 21.1 Å².